The van der Waals surface area contributed by atoms with Crippen LogP contribution in [0, 0.1) is 31.0 Å². The van der Waals surface area contributed by atoms with Crippen LogP contribution < -0.4 is 10.6 Å². The molecule has 0 saturated carbocycles. The smallest absolute Gasteiger partial charge is 0.374 e. The second kappa shape index (κ2) is 12.1. The summed E-state index contributed by atoms with van der Waals surface area (Å²) >= 11 is 5.92. The Balaban J connectivity index is 1.40. The van der Waals surface area contributed by atoms with E-state index in [-0.39, 0.29) is 39.3 Å². The molecule has 5 rings (SSSR count). The SMILES string of the molecule is Cc1cc(C2(C(F)(F)F)CC(c3ccc(Cl)cc3)=NO2)cc(C)c1NC(=O)c1ccc(C#N)c(NC(=O)c2ccc(F)cc2)c1. The number of carbonyl (C=O) groups is 2. The molecule has 2 amide bonds. The van der Waals surface area contributed by atoms with Crippen LogP contribution in [0.1, 0.15) is 55.0 Å². The number of oxime groups is 1. The van der Waals surface area contributed by atoms with Crippen molar-refractivity contribution in [1.29, 1.82) is 5.26 Å². The Labute approximate surface area is 260 Å². The van der Waals surface area contributed by atoms with Crippen LogP contribution >= 0.6 is 11.6 Å². The van der Waals surface area contributed by atoms with E-state index in [0.29, 0.717) is 21.7 Å². The van der Waals surface area contributed by atoms with E-state index in [0.717, 1.165) is 12.1 Å². The maximum atomic E-state index is 14.6. The van der Waals surface area contributed by atoms with Gasteiger partial charge in [-0.1, -0.05) is 28.9 Å². The number of anilines is 2. The van der Waals surface area contributed by atoms with Gasteiger partial charge in [0.25, 0.3) is 17.4 Å². The van der Waals surface area contributed by atoms with Gasteiger partial charge in [-0.05, 0) is 97.3 Å². The number of aryl methyl sites for hydroxylation is 2. The summed E-state index contributed by atoms with van der Waals surface area (Å²) in [5.41, 5.74) is -1.10. The Morgan fingerprint density at radius 1 is 0.911 bits per heavy atom. The highest BCUT2D eigenvalue weighted by atomic mass is 35.5. The van der Waals surface area contributed by atoms with Crippen molar-refractivity contribution in [1.82, 2.24) is 0 Å². The molecule has 0 saturated heterocycles. The van der Waals surface area contributed by atoms with Crippen molar-refractivity contribution in [3.05, 3.63) is 129 Å². The summed E-state index contributed by atoms with van der Waals surface area (Å²) in [5, 5.41) is 19.0. The number of hydrogen-bond donors (Lipinski definition) is 2. The summed E-state index contributed by atoms with van der Waals surface area (Å²) in [6.45, 7) is 3.11. The number of halogens is 5. The van der Waals surface area contributed by atoms with E-state index in [1.165, 1.54) is 42.5 Å². The lowest BCUT2D eigenvalue weighted by Gasteiger charge is -2.30. The molecule has 228 valence electrons. The number of amides is 2. The quantitative estimate of drug-likeness (QED) is 0.209. The zero-order valence-electron chi connectivity index (χ0n) is 23.7. The molecule has 7 nitrogen and oxygen atoms in total. The molecule has 1 unspecified atom stereocenters. The van der Waals surface area contributed by atoms with Crippen molar-refractivity contribution in [3.63, 3.8) is 0 Å². The van der Waals surface area contributed by atoms with Crippen molar-refractivity contribution in [2.24, 2.45) is 5.16 Å². The minimum Gasteiger partial charge on any atom is -0.374 e. The predicted molar refractivity (Wildman–Crippen MR) is 161 cm³/mol. The second-order valence-electron chi connectivity index (χ2n) is 10.4. The lowest BCUT2D eigenvalue weighted by atomic mass is 9.84. The monoisotopic (exact) mass is 634 g/mol. The van der Waals surface area contributed by atoms with Gasteiger partial charge in [0.15, 0.2) is 0 Å². The Morgan fingerprint density at radius 3 is 2.11 bits per heavy atom. The first kappa shape index (κ1) is 31.2. The van der Waals surface area contributed by atoms with Gasteiger partial charge in [0, 0.05) is 33.8 Å². The van der Waals surface area contributed by atoms with Gasteiger partial charge in [-0.25, -0.2) is 4.39 Å². The van der Waals surface area contributed by atoms with Crippen LogP contribution in [0.5, 0.6) is 0 Å². The maximum absolute atomic E-state index is 14.6. The van der Waals surface area contributed by atoms with E-state index in [1.54, 1.807) is 38.1 Å². The van der Waals surface area contributed by atoms with Crippen LogP contribution in [-0.2, 0) is 10.4 Å². The molecule has 45 heavy (non-hydrogen) atoms. The van der Waals surface area contributed by atoms with Crippen LogP contribution in [0.2, 0.25) is 5.02 Å². The first-order valence-electron chi connectivity index (χ1n) is 13.4. The second-order valence-corrected chi connectivity index (χ2v) is 10.8. The first-order valence-corrected chi connectivity index (χ1v) is 13.8. The molecule has 0 spiro atoms. The van der Waals surface area contributed by atoms with E-state index in [1.807, 2.05) is 6.07 Å². The summed E-state index contributed by atoms with van der Waals surface area (Å²) < 4.78 is 57.1. The molecule has 4 aromatic carbocycles. The molecule has 0 radical (unpaired) electrons. The zero-order valence-corrected chi connectivity index (χ0v) is 24.5. The first-order chi connectivity index (χ1) is 21.3. The van der Waals surface area contributed by atoms with Gasteiger partial charge < -0.3 is 15.5 Å². The Hall–Kier alpha value is -5.21. The molecule has 1 atom stereocenters. The molecule has 2 N–H and O–H groups in total. The van der Waals surface area contributed by atoms with E-state index < -0.39 is 35.8 Å². The van der Waals surface area contributed by atoms with E-state index in [9.17, 15) is 32.4 Å². The molecule has 4 aromatic rings. The summed E-state index contributed by atoms with van der Waals surface area (Å²) in [4.78, 5) is 31.1. The number of rotatable bonds is 6. The van der Waals surface area contributed by atoms with Crippen molar-refractivity contribution in [2.75, 3.05) is 10.6 Å². The fraction of sp³-hybridized carbons (Fsp3) is 0.152. The minimum atomic E-state index is -4.83. The van der Waals surface area contributed by atoms with Crippen LogP contribution in [0.4, 0.5) is 28.9 Å². The van der Waals surface area contributed by atoms with Crippen LogP contribution in [0.25, 0.3) is 0 Å². The molecular weight excluding hydrogens is 612 g/mol. The lowest BCUT2D eigenvalue weighted by Crippen LogP contribution is -2.42. The maximum Gasteiger partial charge on any atom is 0.435 e. The van der Waals surface area contributed by atoms with Gasteiger partial charge in [0.1, 0.15) is 11.9 Å². The molecule has 12 heteroatoms. The number of alkyl halides is 3. The molecule has 0 aliphatic carbocycles. The van der Waals surface area contributed by atoms with Gasteiger partial charge in [-0.2, -0.15) is 18.4 Å². The fourth-order valence-electron chi connectivity index (χ4n) is 4.96. The number of hydrogen-bond acceptors (Lipinski definition) is 5. The third-order valence-corrected chi connectivity index (χ3v) is 7.61. The van der Waals surface area contributed by atoms with Gasteiger partial charge in [-0.3, -0.25) is 9.59 Å². The van der Waals surface area contributed by atoms with Crippen LogP contribution in [0.15, 0.2) is 84.0 Å². The Kier molecular flexibility index (Phi) is 8.36. The highest BCUT2D eigenvalue weighted by Crippen LogP contribution is 2.49. The van der Waals surface area contributed by atoms with Crippen molar-refractivity contribution in [2.45, 2.75) is 32.0 Å². The Bertz CT molecular complexity index is 1860. The third-order valence-electron chi connectivity index (χ3n) is 7.36. The van der Waals surface area contributed by atoms with E-state index in [4.69, 9.17) is 16.4 Å². The number of nitriles is 1. The van der Waals surface area contributed by atoms with E-state index in [2.05, 4.69) is 15.8 Å². The number of nitrogens with zero attached hydrogens (tertiary/aromatic N) is 2. The summed E-state index contributed by atoms with van der Waals surface area (Å²) in [7, 11) is 0. The fourth-order valence-corrected chi connectivity index (χ4v) is 5.09. The standard InChI is InChI=1S/C33H23ClF4N4O3/c1-18-13-24(32(33(36,37)38)16-28(42-45-32)20-5-9-25(34)10-6-20)14-19(2)29(18)41-31(44)22-3-4-23(17-39)27(15-22)40-30(43)21-7-11-26(35)12-8-21/h3-15H,16H2,1-2H3,(H,40,43)(H,41,44). The largest absolute Gasteiger partial charge is 0.435 e. The highest BCUT2D eigenvalue weighted by Gasteiger charge is 2.62. The van der Waals surface area contributed by atoms with Crippen molar-refractivity contribution >= 4 is 40.5 Å². The molecule has 1 aliphatic rings. The lowest BCUT2D eigenvalue weighted by molar-refractivity contribution is -0.275. The molecule has 0 aromatic heterocycles. The normalized spacial score (nSPS) is 15.9. The third kappa shape index (κ3) is 6.23. The number of carbonyl (C=O) groups excluding carboxylic acids is 2. The Morgan fingerprint density at radius 2 is 1.51 bits per heavy atom. The number of benzene rings is 4. The molecule has 0 fully saturated rings. The van der Waals surface area contributed by atoms with Crippen molar-refractivity contribution < 1.29 is 32.0 Å². The average Bonchev–Trinajstić information content (AvgIpc) is 3.47. The van der Waals surface area contributed by atoms with Gasteiger partial charge in [-0.15, -0.1) is 0 Å². The molecule has 1 aliphatic heterocycles. The van der Waals surface area contributed by atoms with Gasteiger partial charge in [0.05, 0.1) is 17.0 Å². The molecule has 0 bridgehead atoms. The summed E-state index contributed by atoms with van der Waals surface area (Å²) in [5.74, 6) is -1.78. The summed E-state index contributed by atoms with van der Waals surface area (Å²) in [6, 6.07) is 19.5. The predicted octanol–water partition coefficient (Wildman–Crippen LogP) is 8.05. The summed E-state index contributed by atoms with van der Waals surface area (Å²) in [6.07, 6.45) is -5.40. The number of nitrogens with one attached hydrogen (secondary N) is 2. The van der Waals surface area contributed by atoms with Gasteiger partial charge >= 0.3 is 6.18 Å². The van der Waals surface area contributed by atoms with Gasteiger partial charge in [0.2, 0.25) is 0 Å². The van der Waals surface area contributed by atoms with E-state index >= 15 is 0 Å². The van der Waals surface area contributed by atoms with Crippen LogP contribution in [-0.4, -0.2) is 23.7 Å². The molecular formula is C33H23ClF4N4O3. The van der Waals surface area contributed by atoms with Crippen molar-refractivity contribution in [3.8, 4) is 6.07 Å². The molecule has 1 heterocycles. The minimum absolute atomic E-state index is 0.0465. The zero-order chi connectivity index (χ0) is 32.5. The highest BCUT2D eigenvalue weighted by molar-refractivity contribution is 6.30. The topological polar surface area (TPSA) is 104 Å². The van der Waals surface area contributed by atoms with Crippen LogP contribution in [0.3, 0.4) is 0 Å². The average molecular weight is 635 g/mol.